The minimum atomic E-state index is 0.879. The highest BCUT2D eigenvalue weighted by Gasteiger charge is 2.18. The molecule has 3 aromatic rings. The molecule has 0 radical (unpaired) electrons. The van der Waals surface area contributed by atoms with Crippen LogP contribution in [0, 0.1) is 12.1 Å². The van der Waals surface area contributed by atoms with Crippen molar-refractivity contribution in [1.29, 1.82) is 0 Å². The second-order valence-electron chi connectivity index (χ2n) is 4.65. The maximum atomic E-state index is 4.02. The van der Waals surface area contributed by atoms with Crippen LogP contribution in [0.3, 0.4) is 0 Å². The molecule has 0 saturated heterocycles. The Hall–Kier alpha value is -2.66. The van der Waals surface area contributed by atoms with Crippen molar-refractivity contribution in [3.8, 4) is 22.3 Å². The van der Waals surface area contributed by atoms with Crippen LogP contribution in [0.5, 0.6) is 0 Å². The van der Waals surface area contributed by atoms with Gasteiger partial charge in [-0.25, -0.2) is 0 Å². The molecule has 0 fully saturated rings. The lowest BCUT2D eigenvalue weighted by Gasteiger charge is -2.06. The zero-order valence-corrected chi connectivity index (χ0v) is 10.2. The van der Waals surface area contributed by atoms with Crippen molar-refractivity contribution in [1.82, 2.24) is 10.2 Å². The normalized spacial score (nSPS) is 11.6. The number of benzene rings is 1. The van der Waals surface area contributed by atoms with Gasteiger partial charge in [0.15, 0.2) is 0 Å². The first-order chi connectivity index (χ1) is 9.43. The van der Waals surface area contributed by atoms with Crippen LogP contribution < -0.4 is 0 Å². The van der Waals surface area contributed by atoms with E-state index in [1.807, 2.05) is 18.5 Å². The molecule has 2 heteroatoms. The van der Waals surface area contributed by atoms with Gasteiger partial charge in [0.1, 0.15) is 0 Å². The molecule has 0 amide bonds. The summed E-state index contributed by atoms with van der Waals surface area (Å²) in [5.74, 6) is 0. The molecule has 1 aliphatic rings. The van der Waals surface area contributed by atoms with Crippen LogP contribution >= 0.6 is 0 Å². The summed E-state index contributed by atoms with van der Waals surface area (Å²) >= 11 is 0. The van der Waals surface area contributed by atoms with Gasteiger partial charge in [-0.2, -0.15) is 10.2 Å². The molecule has 1 aliphatic carbocycles. The quantitative estimate of drug-likeness (QED) is 0.472. The van der Waals surface area contributed by atoms with Gasteiger partial charge in [0, 0.05) is 17.5 Å². The van der Waals surface area contributed by atoms with Crippen LogP contribution in [-0.2, 0) is 6.42 Å². The van der Waals surface area contributed by atoms with E-state index in [2.05, 4.69) is 52.7 Å². The summed E-state index contributed by atoms with van der Waals surface area (Å²) < 4.78 is 0. The number of rotatable bonds is 0. The third-order valence-corrected chi connectivity index (χ3v) is 3.57. The molecule has 0 saturated carbocycles. The molecule has 0 bridgehead atoms. The van der Waals surface area contributed by atoms with E-state index in [0.29, 0.717) is 0 Å². The van der Waals surface area contributed by atoms with E-state index in [1.165, 1.54) is 22.3 Å². The molecule has 19 heavy (non-hydrogen) atoms. The minimum absolute atomic E-state index is 0.879. The van der Waals surface area contributed by atoms with Crippen LogP contribution in [0.4, 0.5) is 0 Å². The molecule has 1 heterocycles. The average Bonchev–Trinajstić information content (AvgIpc) is 2.62. The maximum Gasteiger partial charge on any atom is 0.0584 e. The number of hydrogen-bond acceptors (Lipinski definition) is 2. The molecular weight excluding hydrogens is 232 g/mol. The van der Waals surface area contributed by atoms with Gasteiger partial charge in [-0.05, 0) is 34.4 Å². The highest BCUT2D eigenvalue weighted by Crippen LogP contribution is 2.38. The molecular formula is C17H10N2. The van der Waals surface area contributed by atoms with Crippen molar-refractivity contribution >= 4 is 0 Å². The number of hydrogen-bond donors (Lipinski definition) is 0. The summed E-state index contributed by atoms with van der Waals surface area (Å²) in [6.07, 6.45) is 4.55. The number of nitrogens with zero attached hydrogens (tertiary/aromatic N) is 2. The minimum Gasteiger partial charge on any atom is -0.159 e. The lowest BCUT2D eigenvalue weighted by molar-refractivity contribution is 1.00. The van der Waals surface area contributed by atoms with Gasteiger partial charge < -0.3 is 0 Å². The fraction of sp³-hybridized carbons (Fsp3) is 0.0588. The van der Waals surface area contributed by atoms with E-state index >= 15 is 0 Å². The molecule has 2 aromatic carbocycles. The maximum absolute atomic E-state index is 4.02. The average molecular weight is 242 g/mol. The van der Waals surface area contributed by atoms with Crippen molar-refractivity contribution in [2.75, 3.05) is 0 Å². The van der Waals surface area contributed by atoms with Gasteiger partial charge in [0.25, 0.3) is 0 Å². The Morgan fingerprint density at radius 1 is 0.842 bits per heavy atom. The van der Waals surface area contributed by atoms with Crippen molar-refractivity contribution in [3.05, 3.63) is 72.1 Å². The molecule has 4 rings (SSSR count). The third kappa shape index (κ3) is 1.52. The summed E-state index contributed by atoms with van der Waals surface area (Å²) in [5, 5.41) is 8.03. The predicted octanol–water partition coefficient (Wildman–Crippen LogP) is 3.32. The highest BCUT2D eigenvalue weighted by atomic mass is 15.1. The number of aromatic nitrogens is 2. The molecule has 0 unspecified atom stereocenters. The second-order valence-corrected chi connectivity index (χ2v) is 4.65. The Kier molecular flexibility index (Phi) is 2.13. The molecule has 2 nitrogen and oxygen atoms in total. The van der Waals surface area contributed by atoms with E-state index in [1.54, 1.807) is 0 Å². The van der Waals surface area contributed by atoms with Gasteiger partial charge in [-0.15, -0.1) is 0 Å². The molecule has 1 aromatic heterocycles. The van der Waals surface area contributed by atoms with Crippen LogP contribution in [0.1, 0.15) is 11.1 Å². The Morgan fingerprint density at radius 2 is 1.74 bits per heavy atom. The molecule has 88 valence electrons. The summed E-state index contributed by atoms with van der Waals surface area (Å²) in [4.78, 5) is 0. The SMILES string of the molecule is c1ccc2c(c#1)-c1cnncc1Cc1ccccc1-2. The van der Waals surface area contributed by atoms with Gasteiger partial charge in [0.2, 0.25) is 0 Å². The smallest absolute Gasteiger partial charge is 0.0584 e. The Morgan fingerprint density at radius 3 is 2.74 bits per heavy atom. The standard InChI is InChI=1S/C17H10N2/c1-2-6-14-12(5-1)9-13-10-18-19-11-17(13)16-8-4-3-7-15(14)16/h1-3,5-7,10-11H,9H2. The van der Waals surface area contributed by atoms with Crippen molar-refractivity contribution in [3.63, 3.8) is 0 Å². The fourth-order valence-electron chi connectivity index (χ4n) is 2.68. The Balaban J connectivity index is 2.13. The fourth-order valence-corrected chi connectivity index (χ4v) is 2.68. The molecule has 0 N–H and O–H groups in total. The van der Waals surface area contributed by atoms with Crippen LogP contribution in [0.2, 0.25) is 0 Å². The molecule has 0 atom stereocenters. The van der Waals surface area contributed by atoms with Crippen molar-refractivity contribution < 1.29 is 0 Å². The lowest BCUT2D eigenvalue weighted by Crippen LogP contribution is -1.92. The third-order valence-electron chi connectivity index (χ3n) is 3.57. The topological polar surface area (TPSA) is 25.8 Å². The summed E-state index contributed by atoms with van der Waals surface area (Å²) in [5.41, 5.74) is 7.14. The zero-order chi connectivity index (χ0) is 12.7. The van der Waals surface area contributed by atoms with E-state index in [4.69, 9.17) is 0 Å². The van der Waals surface area contributed by atoms with Crippen LogP contribution in [-0.4, -0.2) is 10.2 Å². The number of fused-ring (bicyclic) bond motifs is 5. The highest BCUT2D eigenvalue weighted by molar-refractivity contribution is 5.86. The van der Waals surface area contributed by atoms with Gasteiger partial charge in [-0.3, -0.25) is 0 Å². The first kappa shape index (κ1) is 10.3. The van der Waals surface area contributed by atoms with E-state index in [-0.39, 0.29) is 0 Å². The summed E-state index contributed by atoms with van der Waals surface area (Å²) in [6.45, 7) is 0. The second kappa shape index (κ2) is 3.93. The van der Waals surface area contributed by atoms with Crippen molar-refractivity contribution in [2.24, 2.45) is 0 Å². The van der Waals surface area contributed by atoms with Crippen molar-refractivity contribution in [2.45, 2.75) is 6.42 Å². The van der Waals surface area contributed by atoms with Gasteiger partial charge >= 0.3 is 0 Å². The zero-order valence-electron chi connectivity index (χ0n) is 10.2. The van der Waals surface area contributed by atoms with Crippen LogP contribution in [0.25, 0.3) is 22.3 Å². The van der Waals surface area contributed by atoms with E-state index in [0.717, 1.165) is 17.5 Å². The molecule has 0 aliphatic heterocycles. The van der Waals surface area contributed by atoms with Crippen LogP contribution in [0.15, 0.2) is 48.8 Å². The summed E-state index contributed by atoms with van der Waals surface area (Å²) in [6, 6.07) is 18.8. The van der Waals surface area contributed by atoms with Gasteiger partial charge in [0.05, 0.1) is 12.4 Å². The monoisotopic (exact) mass is 242 g/mol. The first-order valence-electron chi connectivity index (χ1n) is 6.24. The molecule has 0 spiro atoms. The van der Waals surface area contributed by atoms with Gasteiger partial charge in [-0.1, -0.05) is 36.4 Å². The lowest BCUT2D eigenvalue weighted by atomic mass is 9.97. The van der Waals surface area contributed by atoms with E-state index in [9.17, 15) is 0 Å². The predicted molar refractivity (Wildman–Crippen MR) is 73.4 cm³/mol. The summed E-state index contributed by atoms with van der Waals surface area (Å²) in [7, 11) is 0. The largest absolute Gasteiger partial charge is 0.159 e. The Bertz CT molecular complexity index is 698. The van der Waals surface area contributed by atoms with E-state index < -0.39 is 0 Å². The Labute approximate surface area is 111 Å². The first-order valence-corrected chi connectivity index (χ1v) is 6.24.